The second-order valence-corrected chi connectivity index (χ2v) is 21.2. The third-order valence-electron chi connectivity index (χ3n) is 13.7. The minimum atomic E-state index is -0.319. The van der Waals surface area contributed by atoms with E-state index in [1.54, 1.807) is 0 Å². The van der Waals surface area contributed by atoms with Crippen LogP contribution >= 0.6 is 0 Å². The third-order valence-corrected chi connectivity index (χ3v) is 13.7. The number of hydrogen-bond acceptors (Lipinski definition) is 4. The van der Waals surface area contributed by atoms with Gasteiger partial charge in [0.05, 0.1) is 7.13 Å². The molecule has 1 aliphatic rings. The van der Waals surface area contributed by atoms with Crippen LogP contribution in [0.4, 0.5) is 0 Å². The minimum Gasteiger partial charge on any atom is -0.512 e. The first-order chi connectivity index (χ1) is 31.1. The number of carbonyl (C=O) groups is 1. The largest absolute Gasteiger partial charge is 0.512 e. The van der Waals surface area contributed by atoms with Gasteiger partial charge in [0.1, 0.15) is 0 Å². The smallest absolute Gasteiger partial charge is 0.164 e. The summed E-state index contributed by atoms with van der Waals surface area (Å²) in [7, 11) is 0. The second-order valence-electron chi connectivity index (χ2n) is 21.2. The summed E-state index contributed by atoms with van der Waals surface area (Å²) >= 11 is 0. The van der Waals surface area contributed by atoms with Crippen molar-refractivity contribution in [2.45, 2.75) is 161 Å². The summed E-state index contributed by atoms with van der Waals surface area (Å²) < 4.78 is 8.10. The number of nitrogens with zero attached hydrogens (tertiary/aromatic N) is 2. The molecule has 66 heavy (non-hydrogen) atoms. The average Bonchev–Trinajstić information content (AvgIpc) is 3.25. The number of rotatable bonds is 11. The van der Waals surface area contributed by atoms with Crippen molar-refractivity contribution in [2.24, 2.45) is 22.2 Å². The molecule has 1 aliphatic carbocycles. The molecular weight excluding hydrogens is 985 g/mol. The number of aliphatic hydroxyl groups excluding tert-OH is 1. The van der Waals surface area contributed by atoms with Crippen molar-refractivity contribution in [3.63, 3.8) is 0 Å². The monoisotopic (exact) mass is 1060 g/mol. The first-order valence-corrected chi connectivity index (χ1v) is 24.3. The first kappa shape index (κ1) is 52.5. The van der Waals surface area contributed by atoms with Crippen LogP contribution in [0.25, 0.3) is 44.1 Å². The van der Waals surface area contributed by atoms with Gasteiger partial charge < -0.3 is 15.1 Å². The molecule has 0 unspecified atom stereocenters. The maximum atomic E-state index is 12.0. The summed E-state index contributed by atoms with van der Waals surface area (Å²) in [5, 5.41) is 14.6. The van der Waals surface area contributed by atoms with E-state index in [4.69, 9.17) is 1.37 Å². The fourth-order valence-corrected chi connectivity index (χ4v) is 9.28. The Morgan fingerprint density at radius 2 is 1.30 bits per heavy atom. The van der Waals surface area contributed by atoms with Crippen LogP contribution in [0.3, 0.4) is 0 Å². The van der Waals surface area contributed by atoms with Gasteiger partial charge in [-0.05, 0) is 131 Å². The number of aromatic nitrogens is 2. The molecule has 2 heterocycles. The van der Waals surface area contributed by atoms with E-state index < -0.39 is 0 Å². The normalized spacial score (nSPS) is 14.5. The number of hydrogen-bond donors (Lipinski definition) is 1. The Labute approximate surface area is 414 Å². The number of fused-ring (bicyclic) bond motifs is 2. The molecule has 4 aromatic carbocycles. The predicted molar refractivity (Wildman–Crippen MR) is 278 cm³/mol. The van der Waals surface area contributed by atoms with E-state index >= 15 is 0 Å². The van der Waals surface area contributed by atoms with Crippen molar-refractivity contribution in [3.05, 3.63) is 143 Å². The Morgan fingerprint density at radius 3 is 1.82 bits per heavy atom. The molecule has 6 aromatic rings. The van der Waals surface area contributed by atoms with Gasteiger partial charge in [0.15, 0.2) is 5.78 Å². The predicted octanol–water partition coefficient (Wildman–Crippen LogP) is 17.2. The van der Waals surface area contributed by atoms with Crippen LogP contribution in [0, 0.1) is 62.0 Å². The molecule has 7 rings (SSSR count). The number of pyridine rings is 2. The van der Waals surface area contributed by atoms with Crippen LogP contribution < -0.4 is 0 Å². The van der Waals surface area contributed by atoms with Crippen LogP contribution in [-0.4, -0.2) is 20.9 Å². The zero-order chi connectivity index (χ0) is 48.6. The van der Waals surface area contributed by atoms with Crippen LogP contribution in [0.15, 0.2) is 97.0 Å². The molecule has 2 aromatic heterocycles. The van der Waals surface area contributed by atoms with Crippen molar-refractivity contribution < 1.29 is 31.4 Å². The van der Waals surface area contributed by atoms with Crippen LogP contribution in [0.5, 0.6) is 0 Å². The Kier molecular flexibility index (Phi) is 18.7. The Morgan fingerprint density at radius 1 is 0.773 bits per heavy atom. The SMILES string of the molecule is CCC(CC)/C(O)=C/C(=O)C(C)(CC)CC.Cc1[c-]c(-c2nccc3cc(C4CCC(C)(C)CC4)ccc23)cc(C)c1.[2H]c1cc2cc(CC(C)(C)C)ccc2c(-c2[c-]c(C)cc(C)c2)n1.[Ir]. The molecule has 1 fully saturated rings. The van der Waals surface area contributed by atoms with Gasteiger partial charge in [-0.1, -0.05) is 133 Å². The quantitative estimate of drug-likeness (QED) is 0.0798. The summed E-state index contributed by atoms with van der Waals surface area (Å²) in [4.78, 5) is 21.2. The topological polar surface area (TPSA) is 63.1 Å². The van der Waals surface area contributed by atoms with E-state index in [0.717, 1.165) is 71.0 Å². The molecule has 1 N–H and O–H groups in total. The van der Waals surface area contributed by atoms with Gasteiger partial charge in [0, 0.05) is 49.9 Å². The number of aryl methyl sites for hydroxylation is 4. The van der Waals surface area contributed by atoms with Gasteiger partial charge in [0.2, 0.25) is 0 Å². The van der Waals surface area contributed by atoms with Gasteiger partial charge >= 0.3 is 0 Å². The molecule has 355 valence electrons. The van der Waals surface area contributed by atoms with E-state index in [1.807, 2.05) is 53.8 Å². The maximum absolute atomic E-state index is 12.0. The van der Waals surface area contributed by atoms with Crippen LogP contribution in [0.1, 0.15) is 161 Å². The van der Waals surface area contributed by atoms with Crippen molar-refractivity contribution in [1.82, 2.24) is 9.97 Å². The molecule has 0 bridgehead atoms. The van der Waals surface area contributed by atoms with E-state index in [2.05, 4.69) is 144 Å². The van der Waals surface area contributed by atoms with E-state index in [1.165, 1.54) is 70.3 Å². The molecule has 1 saturated carbocycles. The van der Waals surface area contributed by atoms with Gasteiger partial charge in [-0.3, -0.25) is 4.79 Å². The molecule has 0 amide bonds. The van der Waals surface area contributed by atoms with E-state index in [9.17, 15) is 9.90 Å². The van der Waals surface area contributed by atoms with Crippen molar-refractivity contribution in [3.8, 4) is 22.5 Å². The Bertz CT molecular complexity index is 2600. The zero-order valence-corrected chi connectivity index (χ0v) is 45.1. The molecule has 0 saturated heterocycles. The number of ketones is 1. The van der Waals surface area contributed by atoms with Gasteiger partial charge in [-0.2, -0.15) is 0 Å². The number of allylic oxidation sites excluding steroid dienone is 2. The number of aliphatic hydroxyl groups is 1. The molecule has 0 aliphatic heterocycles. The molecule has 1 radical (unpaired) electrons. The molecule has 5 heteroatoms. The van der Waals surface area contributed by atoms with Crippen LogP contribution in [0.2, 0.25) is 0 Å². The second kappa shape index (κ2) is 23.5. The molecule has 0 atom stereocenters. The fourth-order valence-electron chi connectivity index (χ4n) is 9.28. The van der Waals surface area contributed by atoms with Gasteiger partial charge in [-0.25, -0.2) is 0 Å². The maximum Gasteiger partial charge on any atom is 0.164 e. The molecule has 0 spiro atoms. The van der Waals surface area contributed by atoms with Crippen molar-refractivity contribution >= 4 is 27.3 Å². The Hall–Kier alpha value is -4.44. The van der Waals surface area contributed by atoms with E-state index in [0.29, 0.717) is 17.5 Å². The van der Waals surface area contributed by atoms with Crippen molar-refractivity contribution in [2.75, 3.05) is 0 Å². The fraction of sp³-hybridized carbons (Fsp3) is 0.459. The van der Waals surface area contributed by atoms with Crippen LogP contribution in [-0.2, 0) is 31.3 Å². The number of carbonyl (C=O) groups excluding carboxylic acids is 1. The molecule has 4 nitrogen and oxygen atoms in total. The van der Waals surface area contributed by atoms with Gasteiger partial charge in [-0.15, -0.1) is 69.8 Å². The zero-order valence-electron chi connectivity index (χ0n) is 43.7. The summed E-state index contributed by atoms with van der Waals surface area (Å²) in [5.41, 5.74) is 11.9. The van der Waals surface area contributed by atoms with Gasteiger partial charge in [0.25, 0.3) is 0 Å². The number of benzene rings is 4. The standard InChI is InChI=1S/C25H28N.C22H24N.C14H26O2.Ir/c1-17-13-18(2)15-22(14-17)24-23-6-5-20(16-21(23)9-12-26-24)19-7-10-25(3,4)11-8-19;1-15-10-16(2)12-19(11-15)21-20-7-6-17(14-22(3,4)5)13-18(20)8-9-23-21;1-6-11(7-2)12(15)10-13(16)14(5,8-3)9-4;/h5-6,9,12-14,16,19H,7-8,10-11H2,1-4H3;6-11,13H,14H2,1-5H3;10-11,15H,6-9H2,1-5H3;/q2*-1;;/b;;12-10-;/i;9D;;. The Balaban J connectivity index is 0.000000225. The summed E-state index contributed by atoms with van der Waals surface area (Å²) in [6.45, 7) is 30.0. The average molecular weight is 1060 g/mol. The first-order valence-electron chi connectivity index (χ1n) is 24.8. The summed E-state index contributed by atoms with van der Waals surface area (Å²) in [5.74, 6) is 1.14. The molecular formula is C61H78IrN2O2-2. The minimum absolute atomic E-state index is 0. The summed E-state index contributed by atoms with van der Waals surface area (Å²) in [6.07, 6.45) is 13.4. The summed E-state index contributed by atoms with van der Waals surface area (Å²) in [6, 6.07) is 33.0. The third kappa shape index (κ3) is 14.5. The van der Waals surface area contributed by atoms with E-state index in [-0.39, 0.29) is 48.4 Å². The van der Waals surface area contributed by atoms with Crippen molar-refractivity contribution in [1.29, 1.82) is 0 Å².